The molecule has 1 spiro atoms. The number of phenols is 1. The summed E-state index contributed by atoms with van der Waals surface area (Å²) in [7, 11) is 0. The number of ether oxygens (including phenoxy) is 3. The first-order valence-corrected chi connectivity index (χ1v) is 10.9. The molecule has 2 aliphatic rings. The molecule has 172 valence electrons. The first kappa shape index (κ1) is 20.8. The van der Waals surface area contributed by atoms with Gasteiger partial charge in [-0.3, -0.25) is 0 Å². The second-order valence-electron chi connectivity index (χ2n) is 8.35. The van der Waals surface area contributed by atoms with E-state index < -0.39 is 17.5 Å². The SMILES string of the molecule is O=C(O)c1ccc2c(c1)C(=O)OC21c2ccc(O)cc2Oc2cc(OCc3ccccc3)ccc21. The summed E-state index contributed by atoms with van der Waals surface area (Å²) in [6.07, 6.45) is 0. The number of hydrogen-bond acceptors (Lipinski definition) is 6. The fourth-order valence-electron chi connectivity index (χ4n) is 4.66. The van der Waals surface area contributed by atoms with Crippen molar-refractivity contribution in [1.82, 2.24) is 0 Å². The Kier molecular flexibility index (Phi) is 4.54. The number of hydrogen-bond donors (Lipinski definition) is 2. The highest BCUT2D eigenvalue weighted by molar-refractivity contribution is 6.00. The Balaban J connectivity index is 1.49. The Morgan fingerprint density at radius 1 is 0.857 bits per heavy atom. The molecule has 6 rings (SSSR count). The lowest BCUT2D eigenvalue weighted by Gasteiger charge is -2.36. The first-order valence-electron chi connectivity index (χ1n) is 10.9. The molecule has 0 bridgehead atoms. The van der Waals surface area contributed by atoms with Crippen LogP contribution in [-0.4, -0.2) is 22.2 Å². The molecule has 7 heteroatoms. The number of carboxylic acid groups (broad SMARTS) is 1. The van der Waals surface area contributed by atoms with Crippen LogP contribution in [0.3, 0.4) is 0 Å². The quantitative estimate of drug-likeness (QED) is 0.397. The Morgan fingerprint density at radius 3 is 2.34 bits per heavy atom. The average molecular weight is 466 g/mol. The second-order valence-corrected chi connectivity index (χ2v) is 8.35. The fourth-order valence-corrected chi connectivity index (χ4v) is 4.66. The van der Waals surface area contributed by atoms with Crippen molar-refractivity contribution < 1.29 is 34.0 Å². The molecule has 2 N–H and O–H groups in total. The zero-order chi connectivity index (χ0) is 24.2. The number of phenolic OH excluding ortho intramolecular Hbond substituents is 1. The molecule has 0 amide bonds. The van der Waals surface area contributed by atoms with Gasteiger partial charge in [0.2, 0.25) is 0 Å². The summed E-state index contributed by atoms with van der Waals surface area (Å²) in [5, 5.41) is 19.5. The standard InChI is InChI=1S/C28H18O7/c29-18-7-10-22-24(13-18)34-25-14-19(33-15-16-4-2-1-3-5-16)8-11-23(25)28(22)21-9-6-17(26(30)31)12-20(21)27(32)35-28/h1-14,29H,15H2,(H,30,31). The maximum absolute atomic E-state index is 13.0. The normalized spacial score (nSPS) is 17.1. The molecule has 0 radical (unpaired) electrons. The predicted molar refractivity (Wildman–Crippen MR) is 124 cm³/mol. The van der Waals surface area contributed by atoms with Crippen LogP contribution in [0.1, 0.15) is 43.0 Å². The summed E-state index contributed by atoms with van der Waals surface area (Å²) >= 11 is 0. The summed E-state index contributed by atoms with van der Waals surface area (Å²) in [6, 6.07) is 23.9. The number of benzene rings is 4. The summed E-state index contributed by atoms with van der Waals surface area (Å²) < 4.78 is 18.1. The van der Waals surface area contributed by atoms with E-state index >= 15 is 0 Å². The van der Waals surface area contributed by atoms with Crippen LogP contribution in [0.15, 0.2) is 84.9 Å². The van der Waals surface area contributed by atoms with Gasteiger partial charge in [-0.2, -0.15) is 0 Å². The van der Waals surface area contributed by atoms with Crippen molar-refractivity contribution in [3.05, 3.63) is 118 Å². The van der Waals surface area contributed by atoms with Crippen molar-refractivity contribution in [1.29, 1.82) is 0 Å². The molecule has 4 aromatic rings. The highest BCUT2D eigenvalue weighted by Crippen LogP contribution is 2.57. The minimum Gasteiger partial charge on any atom is -0.508 e. The lowest BCUT2D eigenvalue weighted by molar-refractivity contribution is 0.0224. The zero-order valence-electron chi connectivity index (χ0n) is 18.2. The van der Waals surface area contributed by atoms with Gasteiger partial charge in [0.05, 0.1) is 11.1 Å². The zero-order valence-corrected chi connectivity index (χ0v) is 18.2. The summed E-state index contributed by atoms with van der Waals surface area (Å²) in [6.45, 7) is 0.359. The molecular weight excluding hydrogens is 448 g/mol. The molecule has 35 heavy (non-hydrogen) atoms. The van der Waals surface area contributed by atoms with Crippen LogP contribution in [0.4, 0.5) is 0 Å². The van der Waals surface area contributed by atoms with E-state index in [0.29, 0.717) is 40.5 Å². The average Bonchev–Trinajstić information content (AvgIpc) is 3.15. The van der Waals surface area contributed by atoms with Gasteiger partial charge in [-0.15, -0.1) is 0 Å². The molecule has 7 nitrogen and oxygen atoms in total. The molecular formula is C28H18O7. The molecule has 0 aliphatic carbocycles. The van der Waals surface area contributed by atoms with E-state index in [0.717, 1.165) is 5.56 Å². The molecule has 0 saturated carbocycles. The highest BCUT2D eigenvalue weighted by Gasteiger charge is 2.53. The highest BCUT2D eigenvalue weighted by atomic mass is 16.6. The number of aromatic carboxylic acids is 1. The molecule has 2 heterocycles. The third-order valence-corrected chi connectivity index (χ3v) is 6.26. The van der Waals surface area contributed by atoms with Gasteiger partial charge >= 0.3 is 11.9 Å². The van der Waals surface area contributed by atoms with Crippen LogP contribution in [-0.2, 0) is 16.9 Å². The third-order valence-electron chi connectivity index (χ3n) is 6.26. The van der Waals surface area contributed by atoms with E-state index in [4.69, 9.17) is 14.2 Å². The predicted octanol–water partition coefficient (Wildman–Crippen LogP) is 5.24. The van der Waals surface area contributed by atoms with E-state index in [1.807, 2.05) is 30.3 Å². The second kappa shape index (κ2) is 7.63. The smallest absolute Gasteiger partial charge is 0.340 e. The van der Waals surface area contributed by atoms with Crippen molar-refractivity contribution >= 4 is 11.9 Å². The van der Waals surface area contributed by atoms with Gasteiger partial charge in [0.15, 0.2) is 5.60 Å². The number of rotatable bonds is 4. The molecule has 1 atom stereocenters. The van der Waals surface area contributed by atoms with Gasteiger partial charge in [0, 0.05) is 28.8 Å². The van der Waals surface area contributed by atoms with Gasteiger partial charge in [0.25, 0.3) is 0 Å². The largest absolute Gasteiger partial charge is 0.508 e. The molecule has 2 aliphatic heterocycles. The lowest BCUT2D eigenvalue weighted by atomic mass is 9.77. The summed E-state index contributed by atoms with van der Waals surface area (Å²) in [5.74, 6) is -0.516. The van der Waals surface area contributed by atoms with E-state index in [9.17, 15) is 19.8 Å². The van der Waals surface area contributed by atoms with Gasteiger partial charge in [0.1, 0.15) is 29.6 Å². The fraction of sp³-hybridized carbons (Fsp3) is 0.0714. The van der Waals surface area contributed by atoms with Crippen molar-refractivity contribution in [2.45, 2.75) is 12.2 Å². The Morgan fingerprint density at radius 2 is 1.57 bits per heavy atom. The van der Waals surface area contributed by atoms with Crippen LogP contribution in [0.25, 0.3) is 0 Å². The minimum atomic E-state index is -1.36. The molecule has 0 fully saturated rings. The minimum absolute atomic E-state index is 0.00963. The number of carbonyl (C=O) groups is 2. The monoisotopic (exact) mass is 466 g/mol. The lowest BCUT2D eigenvalue weighted by Crippen LogP contribution is -2.33. The number of esters is 1. The Labute approximate surface area is 199 Å². The summed E-state index contributed by atoms with van der Waals surface area (Å²) in [5.41, 5.74) is 1.39. The maximum atomic E-state index is 13.0. The van der Waals surface area contributed by atoms with E-state index in [1.165, 1.54) is 24.3 Å². The first-order chi connectivity index (χ1) is 17.0. The van der Waals surface area contributed by atoms with Crippen molar-refractivity contribution in [3.8, 4) is 23.0 Å². The number of carbonyl (C=O) groups excluding carboxylic acids is 1. The van der Waals surface area contributed by atoms with Crippen molar-refractivity contribution in [2.75, 3.05) is 0 Å². The number of carboxylic acids is 1. The van der Waals surface area contributed by atoms with Crippen LogP contribution in [0.2, 0.25) is 0 Å². The van der Waals surface area contributed by atoms with E-state index in [2.05, 4.69) is 0 Å². The van der Waals surface area contributed by atoms with Crippen molar-refractivity contribution in [2.24, 2.45) is 0 Å². The molecule has 0 aromatic heterocycles. The molecule has 0 saturated heterocycles. The van der Waals surface area contributed by atoms with E-state index in [-0.39, 0.29) is 16.9 Å². The van der Waals surface area contributed by atoms with E-state index in [1.54, 1.807) is 30.3 Å². The van der Waals surface area contributed by atoms with Crippen LogP contribution < -0.4 is 9.47 Å². The third kappa shape index (κ3) is 3.20. The van der Waals surface area contributed by atoms with Gasteiger partial charge in [-0.05, 0) is 42.0 Å². The molecule has 1 unspecified atom stereocenters. The summed E-state index contributed by atoms with van der Waals surface area (Å²) in [4.78, 5) is 24.5. The van der Waals surface area contributed by atoms with Crippen LogP contribution >= 0.6 is 0 Å². The Bertz CT molecular complexity index is 1510. The topological polar surface area (TPSA) is 102 Å². The van der Waals surface area contributed by atoms with Gasteiger partial charge < -0.3 is 24.4 Å². The van der Waals surface area contributed by atoms with Gasteiger partial charge in [-0.25, -0.2) is 9.59 Å². The maximum Gasteiger partial charge on any atom is 0.340 e. The number of fused-ring (bicyclic) bond motifs is 6. The van der Waals surface area contributed by atoms with Gasteiger partial charge in [-0.1, -0.05) is 36.4 Å². The van der Waals surface area contributed by atoms with Crippen LogP contribution in [0.5, 0.6) is 23.0 Å². The molecule has 4 aromatic carbocycles. The van der Waals surface area contributed by atoms with Crippen molar-refractivity contribution in [3.63, 3.8) is 0 Å². The Hall–Kier alpha value is -4.78. The van der Waals surface area contributed by atoms with Crippen LogP contribution in [0, 0.1) is 0 Å². The number of aromatic hydroxyl groups is 1.